The SMILES string of the molecule is O=S1CCc2nc(N3CCC(c4ccc5c(c4)CC5)CC3)cc(NC3(CO)CCC3)c21. The van der Waals surface area contributed by atoms with Crippen molar-refractivity contribution in [1.82, 2.24) is 4.98 Å². The monoisotopic (exact) mass is 437 g/mol. The summed E-state index contributed by atoms with van der Waals surface area (Å²) in [5, 5.41) is 13.5. The molecule has 2 N–H and O–H groups in total. The summed E-state index contributed by atoms with van der Waals surface area (Å²) < 4.78 is 12.7. The zero-order chi connectivity index (χ0) is 21.0. The number of nitrogens with zero attached hydrogens (tertiary/aromatic N) is 2. The molecule has 4 aliphatic rings. The molecule has 0 radical (unpaired) electrons. The maximum Gasteiger partial charge on any atom is 0.130 e. The van der Waals surface area contributed by atoms with E-state index in [0.717, 1.165) is 73.7 Å². The Balaban J connectivity index is 1.23. The fraction of sp³-hybridized carbons (Fsp3) is 0.560. The Morgan fingerprint density at radius 3 is 2.58 bits per heavy atom. The van der Waals surface area contributed by atoms with Gasteiger partial charge in [-0.25, -0.2) is 4.98 Å². The third-order valence-corrected chi connectivity index (χ3v) is 9.46. The molecule has 5 nitrogen and oxygen atoms in total. The summed E-state index contributed by atoms with van der Waals surface area (Å²) in [5.74, 6) is 2.30. The average molecular weight is 438 g/mol. The summed E-state index contributed by atoms with van der Waals surface area (Å²) >= 11 is 0. The summed E-state index contributed by atoms with van der Waals surface area (Å²) in [7, 11) is -0.992. The van der Waals surface area contributed by atoms with E-state index >= 15 is 0 Å². The van der Waals surface area contributed by atoms with Gasteiger partial charge in [-0.05, 0) is 67.6 Å². The van der Waals surface area contributed by atoms with Crippen molar-refractivity contribution in [1.29, 1.82) is 0 Å². The van der Waals surface area contributed by atoms with Gasteiger partial charge in [-0.1, -0.05) is 18.2 Å². The number of rotatable bonds is 5. The van der Waals surface area contributed by atoms with E-state index in [-0.39, 0.29) is 12.1 Å². The van der Waals surface area contributed by atoms with Crippen molar-refractivity contribution < 1.29 is 9.32 Å². The summed E-state index contributed by atoms with van der Waals surface area (Å²) in [6.07, 6.45) is 8.63. The van der Waals surface area contributed by atoms with Gasteiger partial charge in [0, 0.05) is 31.3 Å². The van der Waals surface area contributed by atoms with Crippen molar-refractivity contribution in [2.75, 3.05) is 35.7 Å². The molecule has 3 heterocycles. The van der Waals surface area contributed by atoms with Crippen LogP contribution in [0.2, 0.25) is 0 Å². The molecule has 1 saturated carbocycles. The van der Waals surface area contributed by atoms with Crippen LogP contribution < -0.4 is 10.2 Å². The van der Waals surface area contributed by atoms with Crippen LogP contribution in [0.1, 0.15) is 60.4 Å². The lowest BCUT2D eigenvalue weighted by atomic mass is 9.77. The molecule has 31 heavy (non-hydrogen) atoms. The molecule has 1 aromatic heterocycles. The van der Waals surface area contributed by atoms with Crippen LogP contribution in [-0.4, -0.2) is 45.3 Å². The minimum absolute atomic E-state index is 0.123. The average Bonchev–Trinajstić information content (AvgIpc) is 3.13. The highest BCUT2D eigenvalue weighted by atomic mass is 32.2. The second kappa shape index (κ2) is 7.59. The van der Waals surface area contributed by atoms with Crippen LogP contribution in [0.5, 0.6) is 0 Å². The normalized spacial score (nSPS) is 24.2. The highest BCUT2D eigenvalue weighted by Gasteiger charge is 2.38. The van der Waals surface area contributed by atoms with Crippen LogP contribution in [0, 0.1) is 0 Å². The van der Waals surface area contributed by atoms with E-state index in [9.17, 15) is 9.32 Å². The molecule has 0 amide bonds. The highest BCUT2D eigenvalue weighted by Crippen LogP contribution is 2.40. The number of anilines is 2. The van der Waals surface area contributed by atoms with E-state index in [1.807, 2.05) is 0 Å². The van der Waals surface area contributed by atoms with Crippen LogP contribution in [0.15, 0.2) is 29.2 Å². The van der Waals surface area contributed by atoms with E-state index < -0.39 is 10.8 Å². The smallest absolute Gasteiger partial charge is 0.130 e. The number of nitrogens with one attached hydrogen (secondary N) is 1. The van der Waals surface area contributed by atoms with Crippen molar-refractivity contribution in [2.24, 2.45) is 0 Å². The van der Waals surface area contributed by atoms with Crippen molar-refractivity contribution >= 4 is 22.3 Å². The molecular weight excluding hydrogens is 406 g/mol. The molecule has 0 spiro atoms. The Bertz CT molecular complexity index is 1040. The summed E-state index contributed by atoms with van der Waals surface area (Å²) in [6, 6.07) is 9.22. The van der Waals surface area contributed by atoms with E-state index in [2.05, 4.69) is 34.5 Å². The molecule has 2 aliphatic carbocycles. The molecule has 2 aliphatic heterocycles. The van der Waals surface area contributed by atoms with Crippen molar-refractivity contribution in [3.63, 3.8) is 0 Å². The summed E-state index contributed by atoms with van der Waals surface area (Å²) in [4.78, 5) is 8.23. The lowest BCUT2D eigenvalue weighted by molar-refractivity contribution is 0.144. The number of aryl methyl sites for hydroxylation is 3. The standard InChI is InChI=1S/C25H31N3O2S/c29-16-25(9-1-10-25)27-22-15-23(26-21-8-13-31(30)24(21)22)28-11-6-18(7-12-28)20-5-3-17-2-4-19(17)14-20/h3,5,14-15,18,29H,1-2,4,6-13,16H2,(H,26,27). The van der Waals surface area contributed by atoms with Gasteiger partial charge >= 0.3 is 0 Å². The Morgan fingerprint density at radius 2 is 1.94 bits per heavy atom. The maximum absolute atomic E-state index is 12.7. The summed E-state index contributed by atoms with van der Waals surface area (Å²) in [6.45, 7) is 2.13. The molecule has 6 rings (SSSR count). The highest BCUT2D eigenvalue weighted by molar-refractivity contribution is 7.85. The van der Waals surface area contributed by atoms with Gasteiger partial charge in [0.25, 0.3) is 0 Å². The van der Waals surface area contributed by atoms with Crippen molar-refractivity contribution in [3.8, 4) is 0 Å². The van der Waals surface area contributed by atoms with Crippen LogP contribution in [0.25, 0.3) is 0 Å². The third kappa shape index (κ3) is 3.39. The number of hydrogen-bond acceptors (Lipinski definition) is 5. The molecule has 2 aromatic rings. The predicted molar refractivity (Wildman–Crippen MR) is 125 cm³/mol. The minimum Gasteiger partial charge on any atom is -0.394 e. The second-order valence-corrected chi connectivity index (χ2v) is 11.3. The molecule has 1 saturated heterocycles. The first-order valence-electron chi connectivity index (χ1n) is 11.8. The predicted octanol–water partition coefficient (Wildman–Crippen LogP) is 3.55. The van der Waals surface area contributed by atoms with Gasteiger partial charge in [-0.15, -0.1) is 0 Å². The molecule has 2 fully saturated rings. The molecule has 1 unspecified atom stereocenters. The molecule has 164 valence electrons. The maximum atomic E-state index is 12.7. The van der Waals surface area contributed by atoms with Crippen LogP contribution in [-0.2, 0) is 30.1 Å². The quantitative estimate of drug-likeness (QED) is 0.749. The largest absolute Gasteiger partial charge is 0.394 e. The topological polar surface area (TPSA) is 65.5 Å². The first kappa shape index (κ1) is 19.7. The van der Waals surface area contributed by atoms with Gasteiger partial charge in [-0.2, -0.15) is 0 Å². The molecule has 1 aromatic carbocycles. The number of aliphatic hydroxyl groups excluding tert-OH is 1. The first-order valence-corrected chi connectivity index (χ1v) is 13.1. The zero-order valence-electron chi connectivity index (χ0n) is 18.0. The number of aromatic nitrogens is 1. The van der Waals surface area contributed by atoms with E-state index in [1.165, 1.54) is 24.0 Å². The summed E-state index contributed by atoms with van der Waals surface area (Å²) in [5.41, 5.74) is 6.27. The van der Waals surface area contributed by atoms with E-state index in [1.54, 1.807) is 5.56 Å². The van der Waals surface area contributed by atoms with Gasteiger partial charge in [-0.3, -0.25) is 4.21 Å². The fourth-order valence-electron chi connectivity index (χ4n) is 5.66. The molecule has 0 bridgehead atoms. The number of hydrogen-bond donors (Lipinski definition) is 2. The number of benzene rings is 1. The molecular formula is C25H31N3O2S. The van der Waals surface area contributed by atoms with E-state index in [0.29, 0.717) is 11.7 Å². The van der Waals surface area contributed by atoms with Crippen LogP contribution in [0.4, 0.5) is 11.5 Å². The molecule has 6 heteroatoms. The first-order chi connectivity index (χ1) is 15.1. The number of fused-ring (bicyclic) bond motifs is 2. The van der Waals surface area contributed by atoms with E-state index in [4.69, 9.17) is 4.98 Å². The van der Waals surface area contributed by atoms with Gasteiger partial charge in [0.05, 0.1) is 39.2 Å². The van der Waals surface area contributed by atoms with Gasteiger partial charge < -0.3 is 15.3 Å². The van der Waals surface area contributed by atoms with Gasteiger partial charge in [0.1, 0.15) is 5.82 Å². The lowest BCUT2D eigenvalue weighted by Gasteiger charge is -2.42. The third-order valence-electron chi connectivity index (χ3n) is 7.98. The van der Waals surface area contributed by atoms with Crippen LogP contribution in [0.3, 0.4) is 0 Å². The second-order valence-electron chi connectivity index (χ2n) is 9.81. The zero-order valence-corrected chi connectivity index (χ0v) is 18.8. The van der Waals surface area contributed by atoms with Crippen LogP contribution >= 0.6 is 0 Å². The fourth-order valence-corrected chi connectivity index (χ4v) is 7.01. The minimum atomic E-state index is -0.992. The van der Waals surface area contributed by atoms with Crippen molar-refractivity contribution in [2.45, 2.75) is 67.7 Å². The lowest BCUT2D eigenvalue weighted by Crippen LogP contribution is -2.48. The Labute approximate surface area is 186 Å². The van der Waals surface area contributed by atoms with Gasteiger partial charge in [0.2, 0.25) is 0 Å². The Hall–Kier alpha value is -1.92. The number of piperidine rings is 1. The Kier molecular flexibility index (Phi) is 4.83. The van der Waals surface area contributed by atoms with Crippen molar-refractivity contribution in [3.05, 3.63) is 46.6 Å². The van der Waals surface area contributed by atoms with Gasteiger partial charge in [0.15, 0.2) is 0 Å². The number of pyridine rings is 1. The molecule has 1 atom stereocenters. The number of aliphatic hydroxyl groups is 1. The Morgan fingerprint density at radius 1 is 1.13 bits per heavy atom.